The molecule has 1 aliphatic rings. The molecule has 0 radical (unpaired) electrons. The van der Waals surface area contributed by atoms with Crippen LogP contribution >= 0.6 is 0 Å². The Balaban J connectivity index is 1.83. The molecule has 1 atom stereocenters. The minimum absolute atomic E-state index is 0.142. The lowest BCUT2D eigenvalue weighted by atomic mass is 9.95. The van der Waals surface area contributed by atoms with E-state index in [4.69, 9.17) is 0 Å². The van der Waals surface area contributed by atoms with Gasteiger partial charge in [0, 0.05) is 11.6 Å². The highest BCUT2D eigenvalue weighted by atomic mass is 19.1. The van der Waals surface area contributed by atoms with Crippen LogP contribution in [0.5, 0.6) is 0 Å². The molecule has 3 rings (SSSR count). The van der Waals surface area contributed by atoms with Crippen LogP contribution in [0.3, 0.4) is 0 Å². The molecule has 2 aromatic carbocycles. The molecular weight excluding hydrogens is 249 g/mol. The number of hydrogen-bond donors (Lipinski definition) is 1. The summed E-state index contributed by atoms with van der Waals surface area (Å²) >= 11 is 0. The van der Waals surface area contributed by atoms with Gasteiger partial charge in [-0.1, -0.05) is 42.8 Å². The first-order chi connectivity index (χ1) is 9.83. The highest BCUT2D eigenvalue weighted by molar-refractivity contribution is 5.64. The Morgan fingerprint density at radius 1 is 1.05 bits per heavy atom. The number of rotatable bonds is 3. The number of hydrogen-bond acceptors (Lipinski definition) is 1. The van der Waals surface area contributed by atoms with Gasteiger partial charge in [0.1, 0.15) is 5.82 Å². The Morgan fingerprint density at radius 2 is 1.90 bits per heavy atom. The Morgan fingerprint density at radius 3 is 2.65 bits per heavy atom. The fourth-order valence-corrected chi connectivity index (χ4v) is 2.92. The second-order valence-corrected chi connectivity index (χ2v) is 5.53. The smallest absolute Gasteiger partial charge is 0.131 e. The zero-order valence-electron chi connectivity index (χ0n) is 11.6. The van der Waals surface area contributed by atoms with Crippen molar-refractivity contribution in [3.05, 3.63) is 59.9 Å². The first kappa shape index (κ1) is 13.3. The third kappa shape index (κ3) is 3.07. The van der Waals surface area contributed by atoms with Crippen molar-refractivity contribution in [2.75, 3.05) is 6.54 Å². The Hall–Kier alpha value is -1.67. The van der Waals surface area contributed by atoms with Crippen molar-refractivity contribution in [1.82, 2.24) is 5.32 Å². The SMILES string of the molecule is Fc1ccc(CC2CCCCN2)cc1-c1ccccc1. The fourth-order valence-electron chi connectivity index (χ4n) is 2.92. The van der Waals surface area contributed by atoms with Crippen molar-refractivity contribution in [1.29, 1.82) is 0 Å². The number of nitrogens with one attached hydrogen (secondary N) is 1. The maximum absolute atomic E-state index is 14.0. The first-order valence-electron chi connectivity index (χ1n) is 7.40. The van der Waals surface area contributed by atoms with Crippen LogP contribution in [0.1, 0.15) is 24.8 Å². The van der Waals surface area contributed by atoms with Crippen molar-refractivity contribution in [2.24, 2.45) is 0 Å². The standard InChI is InChI=1S/C18H20FN/c19-18-10-9-14(12-16-8-4-5-11-20-16)13-17(18)15-6-2-1-3-7-15/h1-3,6-7,9-10,13,16,20H,4-5,8,11-12H2. The minimum atomic E-state index is -0.142. The van der Waals surface area contributed by atoms with Gasteiger partial charge in [-0.05, 0) is 49.1 Å². The van der Waals surface area contributed by atoms with Crippen LogP contribution in [-0.2, 0) is 6.42 Å². The van der Waals surface area contributed by atoms with E-state index in [1.807, 2.05) is 42.5 Å². The summed E-state index contributed by atoms with van der Waals surface area (Å²) in [6.07, 6.45) is 4.78. The lowest BCUT2D eigenvalue weighted by Gasteiger charge is -2.23. The zero-order valence-corrected chi connectivity index (χ0v) is 11.6. The van der Waals surface area contributed by atoms with Gasteiger partial charge in [-0.15, -0.1) is 0 Å². The van der Waals surface area contributed by atoms with E-state index in [1.54, 1.807) is 6.07 Å². The molecule has 2 heteroatoms. The Labute approximate surface area is 119 Å². The van der Waals surface area contributed by atoms with Crippen LogP contribution in [0.25, 0.3) is 11.1 Å². The highest BCUT2D eigenvalue weighted by Gasteiger charge is 2.14. The summed E-state index contributed by atoms with van der Waals surface area (Å²) in [5, 5.41) is 3.55. The molecule has 2 aromatic rings. The van der Waals surface area contributed by atoms with E-state index in [1.165, 1.54) is 24.8 Å². The molecule has 20 heavy (non-hydrogen) atoms. The summed E-state index contributed by atoms with van der Waals surface area (Å²) in [6.45, 7) is 1.11. The van der Waals surface area contributed by atoms with E-state index < -0.39 is 0 Å². The average molecular weight is 269 g/mol. The molecule has 0 spiro atoms. The Kier molecular flexibility index (Phi) is 4.12. The van der Waals surface area contributed by atoms with E-state index in [2.05, 4.69) is 5.32 Å². The molecule has 104 valence electrons. The third-order valence-corrected chi connectivity index (χ3v) is 4.01. The Bertz CT molecular complexity index is 559. The van der Waals surface area contributed by atoms with Crippen molar-refractivity contribution >= 4 is 0 Å². The molecule has 0 saturated carbocycles. The summed E-state index contributed by atoms with van der Waals surface area (Å²) in [5.41, 5.74) is 2.87. The summed E-state index contributed by atoms with van der Waals surface area (Å²) in [7, 11) is 0. The molecule has 0 bridgehead atoms. The van der Waals surface area contributed by atoms with Crippen molar-refractivity contribution in [3.8, 4) is 11.1 Å². The highest BCUT2D eigenvalue weighted by Crippen LogP contribution is 2.25. The van der Waals surface area contributed by atoms with Crippen molar-refractivity contribution < 1.29 is 4.39 Å². The van der Waals surface area contributed by atoms with Crippen LogP contribution in [0.15, 0.2) is 48.5 Å². The molecule has 0 amide bonds. The average Bonchev–Trinajstić information content (AvgIpc) is 2.51. The molecule has 1 heterocycles. The topological polar surface area (TPSA) is 12.0 Å². The minimum Gasteiger partial charge on any atom is -0.314 e. The second kappa shape index (κ2) is 6.19. The van der Waals surface area contributed by atoms with Gasteiger partial charge in [-0.25, -0.2) is 4.39 Å². The van der Waals surface area contributed by atoms with Crippen LogP contribution in [0.4, 0.5) is 4.39 Å². The molecule has 1 saturated heterocycles. The quantitative estimate of drug-likeness (QED) is 0.881. The van der Waals surface area contributed by atoms with E-state index in [9.17, 15) is 4.39 Å². The van der Waals surface area contributed by atoms with Gasteiger partial charge in [0.25, 0.3) is 0 Å². The molecule has 0 aromatic heterocycles. The molecule has 0 aliphatic carbocycles. The van der Waals surface area contributed by atoms with Gasteiger partial charge in [0.05, 0.1) is 0 Å². The van der Waals surface area contributed by atoms with E-state index in [0.717, 1.165) is 18.5 Å². The number of benzene rings is 2. The molecule has 1 N–H and O–H groups in total. The maximum Gasteiger partial charge on any atom is 0.131 e. The van der Waals surface area contributed by atoms with Gasteiger partial charge in [0.2, 0.25) is 0 Å². The van der Waals surface area contributed by atoms with Gasteiger partial charge in [-0.3, -0.25) is 0 Å². The van der Waals surface area contributed by atoms with Crippen molar-refractivity contribution in [2.45, 2.75) is 31.7 Å². The summed E-state index contributed by atoms with van der Waals surface area (Å²) in [5.74, 6) is -0.142. The first-order valence-corrected chi connectivity index (χ1v) is 7.40. The zero-order chi connectivity index (χ0) is 13.8. The molecule has 1 unspecified atom stereocenters. The van der Waals surface area contributed by atoms with Crippen LogP contribution < -0.4 is 5.32 Å². The maximum atomic E-state index is 14.0. The summed E-state index contributed by atoms with van der Waals surface area (Å²) in [6, 6.07) is 15.8. The summed E-state index contributed by atoms with van der Waals surface area (Å²) < 4.78 is 14.0. The van der Waals surface area contributed by atoms with Crippen LogP contribution in [0.2, 0.25) is 0 Å². The van der Waals surface area contributed by atoms with Gasteiger partial charge < -0.3 is 5.32 Å². The van der Waals surface area contributed by atoms with Gasteiger partial charge in [0.15, 0.2) is 0 Å². The van der Waals surface area contributed by atoms with E-state index in [-0.39, 0.29) is 5.82 Å². The molecule has 1 fully saturated rings. The monoisotopic (exact) mass is 269 g/mol. The molecule has 1 nitrogen and oxygen atoms in total. The van der Waals surface area contributed by atoms with E-state index in [0.29, 0.717) is 11.6 Å². The largest absolute Gasteiger partial charge is 0.314 e. The predicted octanol–water partition coefficient (Wildman–Crippen LogP) is 4.18. The normalized spacial score (nSPS) is 18.9. The fraction of sp³-hybridized carbons (Fsp3) is 0.333. The second-order valence-electron chi connectivity index (χ2n) is 5.53. The third-order valence-electron chi connectivity index (χ3n) is 4.01. The lowest BCUT2D eigenvalue weighted by Crippen LogP contribution is -2.35. The van der Waals surface area contributed by atoms with Gasteiger partial charge >= 0.3 is 0 Å². The van der Waals surface area contributed by atoms with Gasteiger partial charge in [-0.2, -0.15) is 0 Å². The number of piperidine rings is 1. The molecule has 1 aliphatic heterocycles. The summed E-state index contributed by atoms with van der Waals surface area (Å²) in [4.78, 5) is 0. The lowest BCUT2D eigenvalue weighted by molar-refractivity contribution is 0.399. The molecular formula is C18H20FN. The van der Waals surface area contributed by atoms with E-state index >= 15 is 0 Å². The van der Waals surface area contributed by atoms with Crippen LogP contribution in [0, 0.1) is 5.82 Å². The van der Waals surface area contributed by atoms with Crippen LogP contribution in [-0.4, -0.2) is 12.6 Å². The predicted molar refractivity (Wildman–Crippen MR) is 81.2 cm³/mol. The number of halogens is 1. The van der Waals surface area contributed by atoms with Crippen molar-refractivity contribution in [3.63, 3.8) is 0 Å².